The van der Waals surface area contributed by atoms with Crippen molar-refractivity contribution in [2.45, 2.75) is 39.3 Å². The molecule has 18 heavy (non-hydrogen) atoms. The predicted molar refractivity (Wildman–Crippen MR) is 69.7 cm³/mol. The lowest BCUT2D eigenvalue weighted by molar-refractivity contribution is -0.164. The molecule has 0 amide bonds. The average Bonchev–Trinajstić information content (AvgIpc) is 2.34. The van der Waals surface area contributed by atoms with Gasteiger partial charge in [-0.25, -0.2) is 4.79 Å². The third-order valence-corrected chi connectivity index (χ3v) is 3.95. The largest absolute Gasteiger partial charge is 0.457 e. The van der Waals surface area contributed by atoms with E-state index in [4.69, 9.17) is 10.5 Å². The summed E-state index contributed by atoms with van der Waals surface area (Å²) in [5, 5.41) is 0. The first-order chi connectivity index (χ1) is 8.35. The predicted octanol–water partition coefficient (Wildman–Crippen LogP) is 0.518. The fourth-order valence-electron chi connectivity index (χ4n) is 2.51. The molecule has 0 aromatic heterocycles. The van der Waals surface area contributed by atoms with Crippen molar-refractivity contribution in [3.8, 4) is 0 Å². The molecule has 3 rings (SSSR count). The summed E-state index contributed by atoms with van der Waals surface area (Å²) in [7, 11) is 0. The number of nitrogens with two attached hydrogens (primary N) is 1. The number of carbonyl (C=O) groups excluding carboxylic acids is 1. The van der Waals surface area contributed by atoms with E-state index in [0.29, 0.717) is 6.54 Å². The van der Waals surface area contributed by atoms with Crippen molar-refractivity contribution in [2.24, 2.45) is 5.73 Å². The molecular formula is C13H23N3O2. The molecule has 3 aliphatic rings. The summed E-state index contributed by atoms with van der Waals surface area (Å²) in [5.41, 5.74) is 7.46. The van der Waals surface area contributed by atoms with Crippen LogP contribution in [0.3, 0.4) is 0 Å². The molecule has 0 aromatic rings. The summed E-state index contributed by atoms with van der Waals surface area (Å²) in [5.74, 6) is -0.165. The smallest absolute Gasteiger partial charge is 0.331 e. The van der Waals surface area contributed by atoms with Crippen LogP contribution in [0.5, 0.6) is 0 Å². The van der Waals surface area contributed by atoms with E-state index in [1.807, 2.05) is 13.8 Å². The number of hydrogen-bond donors (Lipinski definition) is 1. The Labute approximate surface area is 109 Å². The summed E-state index contributed by atoms with van der Waals surface area (Å²) in [6.45, 7) is 10.8. The van der Waals surface area contributed by atoms with Crippen molar-refractivity contribution in [1.29, 1.82) is 0 Å². The highest BCUT2D eigenvalue weighted by atomic mass is 16.6. The van der Waals surface area contributed by atoms with Gasteiger partial charge in [-0.1, -0.05) is 0 Å². The van der Waals surface area contributed by atoms with E-state index in [9.17, 15) is 4.79 Å². The molecule has 102 valence electrons. The molecule has 0 aromatic carbocycles. The number of carbonyl (C=O) groups is 1. The molecule has 1 fully saturated rings. The number of esters is 1. The standard InChI is InChI=1S/C13H23N3O2/c1-9-10(2)16-6-5-15(9)7-11(16)12(17)18-13(3,4)8-14/h11H,5-8,14H2,1-4H3. The monoisotopic (exact) mass is 253 g/mol. The molecule has 0 radical (unpaired) electrons. The SMILES string of the molecule is CC1=C(C)N2CCN1CC2C(=O)OC(C)(C)CN. The van der Waals surface area contributed by atoms with Crippen LogP contribution in [0.15, 0.2) is 11.4 Å². The third-order valence-electron chi connectivity index (χ3n) is 3.95. The van der Waals surface area contributed by atoms with Gasteiger partial charge in [0.1, 0.15) is 11.6 Å². The van der Waals surface area contributed by atoms with E-state index in [0.717, 1.165) is 19.6 Å². The van der Waals surface area contributed by atoms with E-state index >= 15 is 0 Å². The topological polar surface area (TPSA) is 58.8 Å². The van der Waals surface area contributed by atoms with E-state index in [1.165, 1.54) is 11.4 Å². The van der Waals surface area contributed by atoms with Crippen LogP contribution in [-0.2, 0) is 9.53 Å². The quantitative estimate of drug-likeness (QED) is 0.743. The first kappa shape index (κ1) is 13.2. The Morgan fingerprint density at radius 1 is 1.39 bits per heavy atom. The van der Waals surface area contributed by atoms with Gasteiger partial charge in [-0.05, 0) is 27.7 Å². The van der Waals surface area contributed by atoms with Crippen molar-refractivity contribution in [2.75, 3.05) is 26.2 Å². The van der Waals surface area contributed by atoms with Gasteiger partial charge in [0.25, 0.3) is 0 Å². The maximum absolute atomic E-state index is 12.2. The molecule has 5 heteroatoms. The molecule has 3 heterocycles. The number of piperazine rings is 1. The molecule has 1 unspecified atom stereocenters. The zero-order chi connectivity index (χ0) is 13.5. The van der Waals surface area contributed by atoms with Crippen molar-refractivity contribution < 1.29 is 9.53 Å². The summed E-state index contributed by atoms with van der Waals surface area (Å²) in [6, 6.07) is -0.187. The number of fused-ring (bicyclic) bond motifs is 2. The Bertz CT molecular complexity index is 390. The molecule has 3 aliphatic heterocycles. The molecule has 0 aliphatic carbocycles. The summed E-state index contributed by atoms with van der Waals surface area (Å²) in [6.07, 6.45) is 0. The van der Waals surface area contributed by atoms with Gasteiger partial charge in [0.2, 0.25) is 0 Å². The van der Waals surface area contributed by atoms with Gasteiger partial charge in [-0.2, -0.15) is 0 Å². The minimum Gasteiger partial charge on any atom is -0.457 e. The number of rotatable bonds is 3. The van der Waals surface area contributed by atoms with Crippen molar-refractivity contribution in [1.82, 2.24) is 9.80 Å². The molecule has 5 nitrogen and oxygen atoms in total. The van der Waals surface area contributed by atoms with Crippen molar-refractivity contribution in [3.05, 3.63) is 11.4 Å². The van der Waals surface area contributed by atoms with Crippen LogP contribution in [-0.4, -0.2) is 53.6 Å². The van der Waals surface area contributed by atoms with E-state index in [-0.39, 0.29) is 12.0 Å². The van der Waals surface area contributed by atoms with Gasteiger partial charge in [0, 0.05) is 37.6 Å². The Balaban J connectivity index is 2.11. The lowest BCUT2D eigenvalue weighted by Crippen LogP contribution is -2.60. The van der Waals surface area contributed by atoms with Crippen molar-refractivity contribution in [3.63, 3.8) is 0 Å². The van der Waals surface area contributed by atoms with Crippen LogP contribution in [0.25, 0.3) is 0 Å². The summed E-state index contributed by atoms with van der Waals surface area (Å²) < 4.78 is 5.51. The summed E-state index contributed by atoms with van der Waals surface area (Å²) >= 11 is 0. The van der Waals surface area contributed by atoms with Gasteiger partial charge in [-0.15, -0.1) is 0 Å². The molecule has 0 spiro atoms. The lowest BCUT2D eigenvalue weighted by Gasteiger charge is -2.49. The highest BCUT2D eigenvalue weighted by Crippen LogP contribution is 2.29. The number of hydrogen-bond acceptors (Lipinski definition) is 5. The van der Waals surface area contributed by atoms with Crippen LogP contribution in [0.2, 0.25) is 0 Å². The fraction of sp³-hybridized carbons (Fsp3) is 0.769. The third kappa shape index (κ3) is 2.19. The molecule has 1 atom stereocenters. The Morgan fingerprint density at radius 2 is 2.06 bits per heavy atom. The average molecular weight is 253 g/mol. The molecule has 0 saturated carbocycles. The van der Waals surface area contributed by atoms with Crippen molar-refractivity contribution >= 4 is 5.97 Å². The second-order valence-corrected chi connectivity index (χ2v) is 5.71. The van der Waals surface area contributed by atoms with E-state index in [2.05, 4.69) is 23.6 Å². The van der Waals surface area contributed by atoms with Crippen LogP contribution < -0.4 is 5.73 Å². The Hall–Kier alpha value is -1.23. The minimum absolute atomic E-state index is 0.165. The van der Waals surface area contributed by atoms with E-state index < -0.39 is 5.60 Å². The van der Waals surface area contributed by atoms with Gasteiger partial charge in [0.05, 0.1) is 0 Å². The maximum Gasteiger partial charge on any atom is 0.331 e. The van der Waals surface area contributed by atoms with Gasteiger partial charge >= 0.3 is 5.97 Å². The molecule has 2 N–H and O–H groups in total. The first-order valence-electron chi connectivity index (χ1n) is 6.48. The normalized spacial score (nSPS) is 23.7. The second-order valence-electron chi connectivity index (χ2n) is 5.71. The summed E-state index contributed by atoms with van der Waals surface area (Å²) in [4.78, 5) is 16.7. The highest BCUT2D eigenvalue weighted by Gasteiger charge is 2.40. The van der Waals surface area contributed by atoms with E-state index in [1.54, 1.807) is 0 Å². The molecule has 1 saturated heterocycles. The Kier molecular flexibility index (Phi) is 3.27. The van der Waals surface area contributed by atoms with Crippen LogP contribution in [0, 0.1) is 0 Å². The van der Waals surface area contributed by atoms with Crippen LogP contribution >= 0.6 is 0 Å². The maximum atomic E-state index is 12.2. The zero-order valence-corrected chi connectivity index (χ0v) is 11.7. The van der Waals surface area contributed by atoms with Gasteiger partial charge in [0.15, 0.2) is 0 Å². The molecular weight excluding hydrogens is 230 g/mol. The lowest BCUT2D eigenvalue weighted by atomic mass is 10.0. The number of nitrogens with zero attached hydrogens (tertiary/aromatic N) is 2. The number of allylic oxidation sites excluding steroid dienone is 2. The number of ether oxygens (including phenoxy) is 1. The second kappa shape index (κ2) is 4.46. The van der Waals surface area contributed by atoms with Crippen LogP contribution in [0.4, 0.5) is 0 Å². The highest BCUT2D eigenvalue weighted by molar-refractivity contribution is 5.77. The van der Waals surface area contributed by atoms with Gasteiger partial charge in [-0.3, -0.25) is 0 Å². The fourth-order valence-corrected chi connectivity index (χ4v) is 2.51. The minimum atomic E-state index is -0.586. The van der Waals surface area contributed by atoms with Crippen LogP contribution in [0.1, 0.15) is 27.7 Å². The van der Waals surface area contributed by atoms with Gasteiger partial charge < -0.3 is 20.3 Å². The zero-order valence-electron chi connectivity index (χ0n) is 11.7. The Morgan fingerprint density at radius 3 is 2.61 bits per heavy atom. The first-order valence-corrected chi connectivity index (χ1v) is 6.48. The molecule has 2 bridgehead atoms.